The molecule has 1 rings (SSSR count). The average molecular weight is 222 g/mol. The zero-order valence-corrected chi connectivity index (χ0v) is 9.14. The molecule has 0 aromatic carbocycles. The Morgan fingerprint density at radius 3 is 3.06 bits per heavy atom. The van der Waals surface area contributed by atoms with Crippen molar-refractivity contribution in [1.29, 1.82) is 5.26 Å². The number of H-pyrrole nitrogens is 1. The molecule has 0 atom stereocenters. The topological polar surface area (TPSA) is 82.0 Å². The van der Waals surface area contributed by atoms with Crippen LogP contribution in [0.15, 0.2) is 12.4 Å². The molecular formula is C10H14N4O2. The molecule has 1 heterocycles. The maximum Gasteiger partial charge on any atom is 0.257 e. The van der Waals surface area contributed by atoms with Crippen LogP contribution in [0.2, 0.25) is 0 Å². The lowest BCUT2D eigenvalue weighted by molar-refractivity contribution is 0.0700. The molecule has 0 spiro atoms. The van der Waals surface area contributed by atoms with E-state index in [-0.39, 0.29) is 5.91 Å². The third-order valence-corrected chi connectivity index (χ3v) is 2.09. The second-order valence-corrected chi connectivity index (χ2v) is 3.18. The van der Waals surface area contributed by atoms with Crippen molar-refractivity contribution in [2.45, 2.75) is 6.42 Å². The molecule has 1 N–H and O–H groups in total. The minimum atomic E-state index is -0.138. The number of nitrogens with one attached hydrogen (secondary N) is 1. The fourth-order valence-electron chi connectivity index (χ4n) is 1.25. The first kappa shape index (κ1) is 12.2. The van der Waals surface area contributed by atoms with E-state index in [2.05, 4.69) is 10.2 Å². The van der Waals surface area contributed by atoms with Crippen LogP contribution in [0.1, 0.15) is 16.8 Å². The van der Waals surface area contributed by atoms with E-state index in [9.17, 15) is 4.79 Å². The van der Waals surface area contributed by atoms with Gasteiger partial charge in [-0.25, -0.2) is 0 Å². The molecule has 1 aromatic heterocycles. The van der Waals surface area contributed by atoms with Crippen LogP contribution in [0.25, 0.3) is 0 Å². The van der Waals surface area contributed by atoms with Gasteiger partial charge in [-0.1, -0.05) is 0 Å². The Balaban J connectivity index is 2.60. The number of methoxy groups -OCH3 is 1. The van der Waals surface area contributed by atoms with Gasteiger partial charge in [0.1, 0.15) is 0 Å². The number of hydrogen-bond donors (Lipinski definition) is 1. The molecule has 0 unspecified atom stereocenters. The molecule has 6 heteroatoms. The summed E-state index contributed by atoms with van der Waals surface area (Å²) in [7, 11) is 1.57. The Hall–Kier alpha value is -1.87. The van der Waals surface area contributed by atoms with Crippen LogP contribution in [0.5, 0.6) is 0 Å². The minimum absolute atomic E-state index is 0.138. The minimum Gasteiger partial charge on any atom is -0.383 e. The fourth-order valence-corrected chi connectivity index (χ4v) is 1.25. The number of carbonyl (C=O) groups is 1. The summed E-state index contributed by atoms with van der Waals surface area (Å²) in [5, 5.41) is 14.8. The number of rotatable bonds is 6. The number of aromatic nitrogens is 2. The van der Waals surface area contributed by atoms with Gasteiger partial charge < -0.3 is 9.64 Å². The van der Waals surface area contributed by atoms with Gasteiger partial charge in [0, 0.05) is 26.4 Å². The van der Waals surface area contributed by atoms with E-state index in [1.807, 2.05) is 6.07 Å². The third kappa shape index (κ3) is 3.37. The second-order valence-electron chi connectivity index (χ2n) is 3.18. The van der Waals surface area contributed by atoms with Gasteiger partial charge >= 0.3 is 0 Å². The predicted octanol–water partition coefficient (Wildman–Crippen LogP) is 0.412. The number of hydrogen-bond acceptors (Lipinski definition) is 4. The van der Waals surface area contributed by atoms with Gasteiger partial charge in [-0.3, -0.25) is 9.89 Å². The highest BCUT2D eigenvalue weighted by Gasteiger charge is 2.15. The lowest BCUT2D eigenvalue weighted by atomic mass is 10.3. The Morgan fingerprint density at radius 2 is 2.50 bits per heavy atom. The van der Waals surface area contributed by atoms with Gasteiger partial charge in [0.15, 0.2) is 0 Å². The lowest BCUT2D eigenvalue weighted by Gasteiger charge is -2.20. The van der Waals surface area contributed by atoms with Crippen LogP contribution in [0.3, 0.4) is 0 Å². The predicted molar refractivity (Wildman–Crippen MR) is 56.6 cm³/mol. The zero-order valence-electron chi connectivity index (χ0n) is 9.14. The number of amides is 1. The van der Waals surface area contributed by atoms with Crippen LogP contribution in [0, 0.1) is 11.3 Å². The Morgan fingerprint density at radius 1 is 1.69 bits per heavy atom. The Bertz CT molecular complexity index is 355. The van der Waals surface area contributed by atoms with Crippen molar-refractivity contribution in [1.82, 2.24) is 15.1 Å². The van der Waals surface area contributed by atoms with E-state index in [1.54, 1.807) is 12.0 Å². The van der Waals surface area contributed by atoms with Crippen LogP contribution < -0.4 is 0 Å². The zero-order chi connectivity index (χ0) is 11.8. The molecule has 0 radical (unpaired) electrons. The number of carbonyl (C=O) groups excluding carboxylic acids is 1. The van der Waals surface area contributed by atoms with Crippen molar-refractivity contribution in [3.8, 4) is 6.07 Å². The van der Waals surface area contributed by atoms with Gasteiger partial charge in [0.05, 0.1) is 30.9 Å². The Kier molecular flexibility index (Phi) is 5.02. The summed E-state index contributed by atoms with van der Waals surface area (Å²) in [6.45, 7) is 1.33. The first-order valence-electron chi connectivity index (χ1n) is 4.93. The molecule has 0 saturated carbocycles. The summed E-state index contributed by atoms with van der Waals surface area (Å²) in [6, 6.07) is 2.02. The van der Waals surface area contributed by atoms with Gasteiger partial charge in [-0.2, -0.15) is 10.4 Å². The van der Waals surface area contributed by atoms with Gasteiger partial charge in [-0.05, 0) is 0 Å². The molecule has 0 aliphatic carbocycles. The summed E-state index contributed by atoms with van der Waals surface area (Å²) in [6.07, 6.45) is 3.32. The normalized spacial score (nSPS) is 9.75. The highest BCUT2D eigenvalue weighted by Crippen LogP contribution is 2.03. The third-order valence-electron chi connectivity index (χ3n) is 2.09. The van der Waals surface area contributed by atoms with Crippen molar-refractivity contribution >= 4 is 5.91 Å². The average Bonchev–Trinajstić information content (AvgIpc) is 2.82. The van der Waals surface area contributed by atoms with Crippen LogP contribution >= 0.6 is 0 Å². The van der Waals surface area contributed by atoms with Crippen molar-refractivity contribution in [2.75, 3.05) is 26.8 Å². The molecule has 86 valence electrons. The van der Waals surface area contributed by atoms with Gasteiger partial charge in [0.2, 0.25) is 0 Å². The summed E-state index contributed by atoms with van der Waals surface area (Å²) in [5.41, 5.74) is 0.494. The smallest absolute Gasteiger partial charge is 0.257 e. The van der Waals surface area contributed by atoms with Crippen molar-refractivity contribution in [3.63, 3.8) is 0 Å². The molecule has 0 bridgehead atoms. The van der Waals surface area contributed by atoms with Crippen LogP contribution in [-0.2, 0) is 4.74 Å². The quantitative estimate of drug-likeness (QED) is 0.755. The van der Waals surface area contributed by atoms with Gasteiger partial charge in [-0.15, -0.1) is 0 Å². The summed E-state index contributed by atoms with van der Waals surface area (Å²) in [4.78, 5) is 13.5. The lowest BCUT2D eigenvalue weighted by Crippen LogP contribution is -2.34. The van der Waals surface area contributed by atoms with Crippen molar-refractivity contribution in [3.05, 3.63) is 18.0 Å². The molecule has 16 heavy (non-hydrogen) atoms. The molecular weight excluding hydrogens is 208 g/mol. The highest BCUT2D eigenvalue weighted by atomic mass is 16.5. The first-order valence-corrected chi connectivity index (χ1v) is 4.93. The van der Waals surface area contributed by atoms with Crippen molar-refractivity contribution in [2.24, 2.45) is 0 Å². The maximum absolute atomic E-state index is 11.9. The van der Waals surface area contributed by atoms with Crippen molar-refractivity contribution < 1.29 is 9.53 Å². The van der Waals surface area contributed by atoms with E-state index in [4.69, 9.17) is 10.00 Å². The molecule has 1 amide bonds. The van der Waals surface area contributed by atoms with E-state index in [1.165, 1.54) is 12.4 Å². The fraction of sp³-hybridized carbons (Fsp3) is 0.500. The van der Waals surface area contributed by atoms with E-state index in [0.29, 0.717) is 31.7 Å². The van der Waals surface area contributed by atoms with Crippen LogP contribution in [0.4, 0.5) is 0 Å². The van der Waals surface area contributed by atoms with E-state index >= 15 is 0 Å². The summed E-state index contributed by atoms with van der Waals surface area (Å²) < 4.78 is 4.92. The summed E-state index contributed by atoms with van der Waals surface area (Å²) in [5.74, 6) is -0.138. The molecule has 0 saturated heterocycles. The number of nitriles is 1. The monoisotopic (exact) mass is 222 g/mol. The van der Waals surface area contributed by atoms with Crippen LogP contribution in [-0.4, -0.2) is 47.8 Å². The standard InChI is InChI=1S/C10H14N4O2/c1-16-6-5-14(4-2-3-11)10(15)9-7-12-13-8-9/h7-8H,2,4-6H2,1H3,(H,12,13). The summed E-state index contributed by atoms with van der Waals surface area (Å²) >= 11 is 0. The SMILES string of the molecule is COCCN(CCC#N)C(=O)c1cn[nH]c1. The first-order chi connectivity index (χ1) is 7.79. The van der Waals surface area contributed by atoms with E-state index in [0.717, 1.165) is 0 Å². The van der Waals surface area contributed by atoms with Gasteiger partial charge in [0.25, 0.3) is 5.91 Å². The maximum atomic E-state index is 11.9. The second kappa shape index (κ2) is 6.58. The number of nitrogens with zero attached hydrogens (tertiary/aromatic N) is 3. The molecule has 6 nitrogen and oxygen atoms in total. The number of ether oxygens (including phenoxy) is 1. The molecule has 0 aliphatic rings. The largest absolute Gasteiger partial charge is 0.383 e. The molecule has 0 fully saturated rings. The Labute approximate surface area is 93.8 Å². The number of aromatic amines is 1. The highest BCUT2D eigenvalue weighted by molar-refractivity contribution is 5.93. The van der Waals surface area contributed by atoms with E-state index < -0.39 is 0 Å². The molecule has 1 aromatic rings. The molecule has 0 aliphatic heterocycles.